The fourth-order valence-corrected chi connectivity index (χ4v) is 8.31. The standard InChI is InChI=1S/C38H54F3N9O4Si/c1-37(2,3)54-36(51)50-18-17-49(22-25(50)12-14-42)34-27-13-16-48(23-31(27)44-35(45-34)53-24-26-9-8-15-47(26)4)32-28(10-11-30-29(32)21-43-46-30)33(38(39,40)41)52-19-20-55(5,6)7/h10-11,21,25-26,33H,8-9,12-13,15-20,22-24H2,1-7H3,(H,43,46)/t25-,26-,33-/m0/s1. The number of aromatic amines is 1. The SMILES string of the molecule is CN1CCC[C@H]1COc1nc2c(c(N3CCN(C(=O)OC(C)(C)C)[C@@H](CC#N)C3)n1)CCN(c1c([C@H](OCC[Si](C)(C)C)C(F)(F)F)ccc3[nH]ncc13)C2. The van der Waals surface area contributed by atoms with Crippen LogP contribution in [0.5, 0.6) is 6.01 Å². The Morgan fingerprint density at radius 1 is 1.09 bits per heavy atom. The number of piperazine rings is 1. The van der Waals surface area contributed by atoms with Crippen molar-refractivity contribution in [3.8, 4) is 12.1 Å². The Kier molecular flexibility index (Phi) is 11.9. The van der Waals surface area contributed by atoms with Crippen molar-refractivity contribution in [1.29, 1.82) is 5.26 Å². The fraction of sp³-hybridized carbons (Fsp3) is 0.658. The highest BCUT2D eigenvalue weighted by Gasteiger charge is 2.45. The molecule has 0 bridgehead atoms. The topological polar surface area (TPSA) is 136 Å². The average molecular weight is 786 g/mol. The molecule has 3 aliphatic rings. The number of carbonyl (C=O) groups is 1. The van der Waals surface area contributed by atoms with Gasteiger partial charge in [0.25, 0.3) is 0 Å². The van der Waals surface area contributed by atoms with Gasteiger partial charge >= 0.3 is 18.3 Å². The maximum atomic E-state index is 14.9. The number of alkyl halides is 3. The lowest BCUT2D eigenvalue weighted by Gasteiger charge is -2.42. The molecule has 13 nitrogen and oxygen atoms in total. The third-order valence-electron chi connectivity index (χ3n) is 10.5. The van der Waals surface area contributed by atoms with E-state index in [0.29, 0.717) is 73.4 Å². The van der Waals surface area contributed by atoms with Crippen LogP contribution in [0.1, 0.15) is 63.0 Å². The smallest absolute Gasteiger partial charge is 0.418 e. The molecule has 0 saturated carbocycles. The van der Waals surface area contributed by atoms with E-state index >= 15 is 0 Å². The molecule has 1 N–H and O–H groups in total. The molecule has 6 rings (SSSR count). The zero-order valence-corrected chi connectivity index (χ0v) is 34.0. The highest BCUT2D eigenvalue weighted by Crippen LogP contribution is 2.45. The second-order valence-corrected chi connectivity index (χ2v) is 22.7. The summed E-state index contributed by atoms with van der Waals surface area (Å²) in [6, 6.07) is 5.89. The third kappa shape index (κ3) is 9.64. The lowest BCUT2D eigenvalue weighted by Crippen LogP contribution is -2.56. The first-order chi connectivity index (χ1) is 25.9. The number of likely N-dealkylation sites (N-methyl/N-ethyl adjacent to an activating group) is 1. The van der Waals surface area contributed by atoms with Crippen molar-refractivity contribution in [2.24, 2.45) is 0 Å². The summed E-state index contributed by atoms with van der Waals surface area (Å²) in [6.07, 6.45) is -3.08. The van der Waals surface area contributed by atoms with E-state index in [0.717, 1.165) is 24.9 Å². The lowest BCUT2D eigenvalue weighted by atomic mass is 9.98. The maximum absolute atomic E-state index is 14.9. The predicted octanol–water partition coefficient (Wildman–Crippen LogP) is 6.69. The number of nitrogens with one attached hydrogen (secondary N) is 1. The summed E-state index contributed by atoms with van der Waals surface area (Å²) in [7, 11) is 0.396. The number of anilines is 2. The molecule has 2 fully saturated rings. The van der Waals surface area contributed by atoms with Crippen LogP contribution in [-0.4, -0.2) is 121 Å². The number of amides is 1. The molecule has 2 saturated heterocycles. The number of H-pyrrole nitrogens is 1. The van der Waals surface area contributed by atoms with Crippen molar-refractivity contribution in [2.75, 3.05) is 62.8 Å². The van der Waals surface area contributed by atoms with Crippen LogP contribution in [0.4, 0.5) is 29.5 Å². The van der Waals surface area contributed by atoms with E-state index in [1.165, 1.54) is 6.07 Å². The quantitative estimate of drug-likeness (QED) is 0.209. The minimum atomic E-state index is -4.65. The van der Waals surface area contributed by atoms with Gasteiger partial charge in [0.15, 0.2) is 6.10 Å². The number of fused-ring (bicyclic) bond motifs is 2. The number of aromatic nitrogens is 4. The second kappa shape index (κ2) is 16.1. The van der Waals surface area contributed by atoms with Crippen LogP contribution in [-0.2, 0) is 22.4 Å². The van der Waals surface area contributed by atoms with Crippen molar-refractivity contribution in [2.45, 2.75) is 109 Å². The number of hydrogen-bond acceptors (Lipinski definition) is 11. The summed E-state index contributed by atoms with van der Waals surface area (Å²) in [5.74, 6) is 0.649. The number of nitriles is 1. The first kappa shape index (κ1) is 40.5. The first-order valence-electron chi connectivity index (χ1n) is 19.2. The van der Waals surface area contributed by atoms with Crippen molar-refractivity contribution in [1.82, 2.24) is 30.0 Å². The van der Waals surface area contributed by atoms with Gasteiger partial charge in [0, 0.05) is 63.4 Å². The second-order valence-electron chi connectivity index (χ2n) is 17.1. The summed E-state index contributed by atoms with van der Waals surface area (Å²) >= 11 is 0. The Morgan fingerprint density at radius 3 is 2.55 bits per heavy atom. The zero-order valence-electron chi connectivity index (χ0n) is 33.0. The molecule has 300 valence electrons. The fourth-order valence-electron chi connectivity index (χ4n) is 7.58. The van der Waals surface area contributed by atoms with Gasteiger partial charge in [-0.05, 0) is 65.7 Å². The summed E-state index contributed by atoms with van der Waals surface area (Å²) in [5, 5.41) is 17.4. The summed E-state index contributed by atoms with van der Waals surface area (Å²) in [6.45, 7) is 14.8. The van der Waals surface area contributed by atoms with Crippen molar-refractivity contribution >= 4 is 36.6 Å². The lowest BCUT2D eigenvalue weighted by molar-refractivity contribution is -0.222. The molecule has 1 amide bonds. The van der Waals surface area contributed by atoms with Crippen molar-refractivity contribution in [3.63, 3.8) is 0 Å². The van der Waals surface area contributed by atoms with E-state index in [4.69, 9.17) is 24.2 Å². The molecule has 17 heteroatoms. The molecule has 3 aromatic rings. The van der Waals surface area contributed by atoms with Crippen LogP contribution >= 0.6 is 0 Å². The molecule has 3 aliphatic heterocycles. The predicted molar refractivity (Wildman–Crippen MR) is 206 cm³/mol. The Hall–Kier alpha value is -4.14. The molecule has 0 unspecified atom stereocenters. The molecule has 0 aliphatic carbocycles. The molecule has 1 aromatic carbocycles. The number of carbonyl (C=O) groups excluding carboxylic acids is 1. The minimum Gasteiger partial charge on any atom is -0.462 e. The van der Waals surface area contributed by atoms with Gasteiger partial charge in [0.05, 0.1) is 48.2 Å². The molecule has 5 heterocycles. The number of ether oxygens (including phenoxy) is 3. The van der Waals surface area contributed by atoms with Gasteiger partial charge in [0.2, 0.25) is 0 Å². The third-order valence-corrected chi connectivity index (χ3v) is 12.2. The van der Waals surface area contributed by atoms with E-state index in [9.17, 15) is 23.2 Å². The van der Waals surface area contributed by atoms with Crippen LogP contribution in [0.25, 0.3) is 10.9 Å². The molecule has 55 heavy (non-hydrogen) atoms. The van der Waals surface area contributed by atoms with Gasteiger partial charge in [-0.3, -0.25) is 5.10 Å². The van der Waals surface area contributed by atoms with Crippen LogP contribution in [0.2, 0.25) is 25.7 Å². The van der Waals surface area contributed by atoms with Gasteiger partial charge in [-0.25, -0.2) is 4.79 Å². The molecule has 3 atom stereocenters. The van der Waals surface area contributed by atoms with Crippen LogP contribution < -0.4 is 14.5 Å². The molecular weight excluding hydrogens is 732 g/mol. The van der Waals surface area contributed by atoms with Crippen molar-refractivity contribution in [3.05, 3.63) is 35.2 Å². The number of halogens is 3. The summed E-state index contributed by atoms with van der Waals surface area (Å²) in [5.41, 5.74) is 1.88. The number of benzene rings is 1. The minimum absolute atomic E-state index is 0.00699. The molecule has 0 radical (unpaired) electrons. The Labute approximate surface area is 322 Å². The van der Waals surface area contributed by atoms with E-state index in [2.05, 4.69) is 52.8 Å². The normalized spacial score (nSPS) is 20.4. The van der Waals surface area contributed by atoms with Crippen LogP contribution in [0.3, 0.4) is 0 Å². The number of hydrogen-bond donors (Lipinski definition) is 1. The van der Waals surface area contributed by atoms with Crippen LogP contribution in [0, 0.1) is 11.3 Å². The van der Waals surface area contributed by atoms with Gasteiger partial charge in [-0.15, -0.1) is 0 Å². The van der Waals surface area contributed by atoms with E-state index in [-0.39, 0.29) is 37.2 Å². The first-order valence-corrected chi connectivity index (χ1v) is 22.9. The largest absolute Gasteiger partial charge is 0.462 e. The molecule has 2 aromatic heterocycles. The highest BCUT2D eigenvalue weighted by atomic mass is 28.3. The van der Waals surface area contributed by atoms with Gasteiger partial charge in [-0.2, -0.15) is 33.5 Å². The van der Waals surface area contributed by atoms with Crippen LogP contribution in [0.15, 0.2) is 18.3 Å². The number of nitrogens with zero attached hydrogens (tertiary/aromatic N) is 8. The van der Waals surface area contributed by atoms with Gasteiger partial charge < -0.3 is 33.8 Å². The number of rotatable bonds is 11. The van der Waals surface area contributed by atoms with Gasteiger partial charge in [-0.1, -0.05) is 25.7 Å². The average Bonchev–Trinajstić information content (AvgIpc) is 3.75. The van der Waals surface area contributed by atoms with Crippen molar-refractivity contribution < 1.29 is 32.2 Å². The molecular formula is C38H54F3N9O4Si. The Balaban J connectivity index is 1.36. The highest BCUT2D eigenvalue weighted by molar-refractivity contribution is 6.76. The van der Waals surface area contributed by atoms with Gasteiger partial charge in [0.1, 0.15) is 18.0 Å². The summed E-state index contributed by atoms with van der Waals surface area (Å²) in [4.78, 5) is 30.9. The zero-order chi connectivity index (χ0) is 39.7. The monoisotopic (exact) mass is 785 g/mol. The Morgan fingerprint density at radius 2 is 1.87 bits per heavy atom. The van der Waals surface area contributed by atoms with E-state index in [1.807, 2.05) is 25.7 Å². The summed E-state index contributed by atoms with van der Waals surface area (Å²) < 4.78 is 62.3. The molecule has 0 spiro atoms. The van der Waals surface area contributed by atoms with E-state index in [1.54, 1.807) is 17.2 Å². The Bertz CT molecular complexity index is 1870. The number of likely N-dealkylation sites (tertiary alicyclic amines) is 1. The van der Waals surface area contributed by atoms with E-state index < -0.39 is 38.1 Å². The maximum Gasteiger partial charge on any atom is 0.418 e.